The Morgan fingerprint density at radius 1 is 1.30 bits per heavy atom. The fraction of sp³-hybridized carbons (Fsp3) is 0.778. The molecule has 2 saturated heterocycles. The molecule has 2 N–H and O–H groups in total. The summed E-state index contributed by atoms with van der Waals surface area (Å²) in [5.41, 5.74) is -0.484. The van der Waals surface area contributed by atoms with Gasteiger partial charge in [0.15, 0.2) is 5.82 Å². The van der Waals surface area contributed by atoms with Crippen LogP contribution in [0.15, 0.2) is 0 Å². The fourth-order valence-corrected chi connectivity index (χ4v) is 3.27. The molecule has 0 radical (unpaired) electrons. The van der Waals surface area contributed by atoms with Crippen LogP contribution < -0.4 is 5.32 Å². The zero-order valence-electron chi connectivity index (χ0n) is 16.3. The summed E-state index contributed by atoms with van der Waals surface area (Å²) in [6.07, 6.45) is 2.09. The highest BCUT2D eigenvalue weighted by Crippen LogP contribution is 2.26. The molecular weight excluding hydrogens is 350 g/mol. The first-order valence-corrected chi connectivity index (χ1v) is 9.56. The van der Waals surface area contributed by atoms with E-state index in [1.165, 1.54) is 0 Å². The first kappa shape index (κ1) is 19.6. The SMILES string of the molecule is CC(C)(C)OC(=O)N1CCC(c2n[nH]c(CNC(=O)C3CCOC3)n2)CC1. The average molecular weight is 379 g/mol. The lowest BCUT2D eigenvalue weighted by Gasteiger charge is -2.32. The van der Waals surface area contributed by atoms with Crippen LogP contribution in [-0.4, -0.2) is 64.0 Å². The lowest BCUT2D eigenvalue weighted by Crippen LogP contribution is -2.41. The molecule has 0 bridgehead atoms. The Balaban J connectivity index is 1.45. The summed E-state index contributed by atoms with van der Waals surface area (Å²) in [5, 5.41) is 10.1. The minimum atomic E-state index is -0.484. The summed E-state index contributed by atoms with van der Waals surface area (Å²) in [7, 11) is 0. The van der Waals surface area contributed by atoms with Crippen LogP contribution in [0.3, 0.4) is 0 Å². The van der Waals surface area contributed by atoms with Gasteiger partial charge in [-0.15, -0.1) is 0 Å². The number of rotatable bonds is 4. The lowest BCUT2D eigenvalue weighted by molar-refractivity contribution is -0.125. The van der Waals surface area contributed by atoms with Gasteiger partial charge in [0, 0.05) is 25.6 Å². The van der Waals surface area contributed by atoms with E-state index < -0.39 is 5.60 Å². The molecule has 3 heterocycles. The van der Waals surface area contributed by atoms with E-state index in [2.05, 4.69) is 20.5 Å². The number of amides is 2. The molecular formula is C18H29N5O4. The van der Waals surface area contributed by atoms with Crippen LogP contribution in [0, 0.1) is 5.92 Å². The Kier molecular flexibility index (Phi) is 5.98. The third kappa shape index (κ3) is 5.41. The molecule has 0 spiro atoms. The molecule has 2 fully saturated rings. The van der Waals surface area contributed by atoms with Crippen molar-refractivity contribution < 1.29 is 19.1 Å². The Hall–Kier alpha value is -2.16. The van der Waals surface area contributed by atoms with E-state index in [9.17, 15) is 9.59 Å². The zero-order chi connectivity index (χ0) is 19.4. The van der Waals surface area contributed by atoms with E-state index in [0.717, 1.165) is 25.1 Å². The van der Waals surface area contributed by atoms with E-state index in [1.54, 1.807) is 4.90 Å². The van der Waals surface area contributed by atoms with Gasteiger partial charge < -0.3 is 19.7 Å². The largest absolute Gasteiger partial charge is 0.444 e. The predicted octanol–water partition coefficient (Wildman–Crippen LogP) is 1.57. The number of carbonyl (C=O) groups is 2. The van der Waals surface area contributed by atoms with Crippen LogP contribution in [0.4, 0.5) is 4.79 Å². The highest BCUT2D eigenvalue weighted by atomic mass is 16.6. The molecule has 0 aromatic carbocycles. The molecule has 9 heteroatoms. The normalized spacial score (nSPS) is 21.3. The monoisotopic (exact) mass is 379 g/mol. The number of piperidine rings is 1. The summed E-state index contributed by atoms with van der Waals surface area (Å²) in [6, 6.07) is 0. The number of ether oxygens (including phenoxy) is 2. The smallest absolute Gasteiger partial charge is 0.410 e. The van der Waals surface area contributed by atoms with E-state index in [-0.39, 0.29) is 23.8 Å². The number of hydrogen-bond acceptors (Lipinski definition) is 6. The molecule has 1 unspecified atom stereocenters. The van der Waals surface area contributed by atoms with Crippen LogP contribution >= 0.6 is 0 Å². The molecule has 150 valence electrons. The molecule has 1 aromatic rings. The van der Waals surface area contributed by atoms with Crippen molar-refractivity contribution >= 4 is 12.0 Å². The summed E-state index contributed by atoms with van der Waals surface area (Å²) in [4.78, 5) is 30.4. The number of hydrogen-bond donors (Lipinski definition) is 2. The third-order valence-corrected chi connectivity index (χ3v) is 4.79. The number of aromatic nitrogens is 3. The molecule has 3 rings (SSSR count). The Morgan fingerprint density at radius 2 is 2.04 bits per heavy atom. The molecule has 27 heavy (non-hydrogen) atoms. The van der Waals surface area contributed by atoms with Crippen LogP contribution in [0.2, 0.25) is 0 Å². The highest BCUT2D eigenvalue weighted by Gasteiger charge is 2.29. The second-order valence-corrected chi connectivity index (χ2v) is 8.16. The van der Waals surface area contributed by atoms with Crippen molar-refractivity contribution in [2.24, 2.45) is 5.92 Å². The summed E-state index contributed by atoms with van der Waals surface area (Å²) in [6.45, 7) is 8.32. The zero-order valence-corrected chi connectivity index (χ0v) is 16.3. The summed E-state index contributed by atoms with van der Waals surface area (Å²) < 4.78 is 10.7. The molecule has 0 saturated carbocycles. The van der Waals surface area contributed by atoms with Gasteiger partial charge in [-0.05, 0) is 40.0 Å². The minimum Gasteiger partial charge on any atom is -0.444 e. The van der Waals surface area contributed by atoms with Crippen molar-refractivity contribution in [1.82, 2.24) is 25.4 Å². The molecule has 0 aliphatic carbocycles. The van der Waals surface area contributed by atoms with Gasteiger partial charge >= 0.3 is 6.09 Å². The standard InChI is InChI=1S/C18H29N5O4/c1-18(2,3)27-17(25)23-7-4-12(5-8-23)15-20-14(21-22-15)10-19-16(24)13-6-9-26-11-13/h12-13H,4-11H2,1-3H3,(H,19,24)(H,20,21,22). The third-order valence-electron chi connectivity index (χ3n) is 4.79. The van der Waals surface area contributed by atoms with Crippen molar-refractivity contribution in [2.45, 2.75) is 58.1 Å². The van der Waals surface area contributed by atoms with Gasteiger partial charge in [-0.3, -0.25) is 9.89 Å². The van der Waals surface area contributed by atoms with Crippen LogP contribution in [0.5, 0.6) is 0 Å². The fourth-order valence-electron chi connectivity index (χ4n) is 3.27. The molecule has 9 nitrogen and oxygen atoms in total. The number of H-pyrrole nitrogens is 1. The van der Waals surface area contributed by atoms with E-state index in [0.29, 0.717) is 38.7 Å². The number of nitrogens with zero attached hydrogens (tertiary/aromatic N) is 3. The Labute approximate surface area is 159 Å². The number of aromatic amines is 1. The van der Waals surface area contributed by atoms with Gasteiger partial charge in [-0.2, -0.15) is 5.10 Å². The van der Waals surface area contributed by atoms with Gasteiger partial charge in [0.25, 0.3) is 0 Å². The molecule has 1 aromatic heterocycles. The van der Waals surface area contributed by atoms with E-state index in [1.807, 2.05) is 20.8 Å². The minimum absolute atomic E-state index is 0.00359. The highest BCUT2D eigenvalue weighted by molar-refractivity contribution is 5.78. The van der Waals surface area contributed by atoms with Gasteiger partial charge in [0.2, 0.25) is 5.91 Å². The first-order valence-electron chi connectivity index (χ1n) is 9.56. The number of carbonyl (C=O) groups excluding carboxylic acids is 2. The quantitative estimate of drug-likeness (QED) is 0.822. The number of likely N-dealkylation sites (tertiary alicyclic amines) is 1. The average Bonchev–Trinajstić information content (AvgIpc) is 3.30. The first-order chi connectivity index (χ1) is 12.8. The maximum Gasteiger partial charge on any atom is 0.410 e. The summed E-state index contributed by atoms with van der Waals surface area (Å²) in [5.74, 6) is 1.52. The Morgan fingerprint density at radius 3 is 2.67 bits per heavy atom. The molecule has 2 amide bonds. The van der Waals surface area contributed by atoms with Gasteiger partial charge in [-0.25, -0.2) is 9.78 Å². The van der Waals surface area contributed by atoms with Crippen LogP contribution in [0.1, 0.15) is 57.6 Å². The van der Waals surface area contributed by atoms with Crippen molar-refractivity contribution in [3.63, 3.8) is 0 Å². The van der Waals surface area contributed by atoms with Crippen LogP contribution in [0.25, 0.3) is 0 Å². The van der Waals surface area contributed by atoms with Crippen molar-refractivity contribution in [1.29, 1.82) is 0 Å². The number of nitrogens with one attached hydrogen (secondary N) is 2. The van der Waals surface area contributed by atoms with Crippen molar-refractivity contribution in [2.75, 3.05) is 26.3 Å². The Bertz CT molecular complexity index is 655. The molecule has 1 atom stereocenters. The maximum absolute atomic E-state index is 12.1. The van der Waals surface area contributed by atoms with Crippen molar-refractivity contribution in [3.05, 3.63) is 11.6 Å². The van der Waals surface area contributed by atoms with E-state index in [4.69, 9.17) is 9.47 Å². The predicted molar refractivity (Wildman–Crippen MR) is 96.9 cm³/mol. The van der Waals surface area contributed by atoms with Gasteiger partial charge in [0.05, 0.1) is 19.1 Å². The molecule has 2 aliphatic heterocycles. The maximum atomic E-state index is 12.1. The van der Waals surface area contributed by atoms with Crippen LogP contribution in [-0.2, 0) is 20.8 Å². The van der Waals surface area contributed by atoms with E-state index >= 15 is 0 Å². The second kappa shape index (κ2) is 8.24. The lowest BCUT2D eigenvalue weighted by atomic mass is 9.96. The summed E-state index contributed by atoms with van der Waals surface area (Å²) >= 11 is 0. The van der Waals surface area contributed by atoms with Gasteiger partial charge in [0.1, 0.15) is 11.4 Å². The topological polar surface area (TPSA) is 109 Å². The molecule has 2 aliphatic rings. The van der Waals surface area contributed by atoms with Gasteiger partial charge in [-0.1, -0.05) is 0 Å². The second-order valence-electron chi connectivity index (χ2n) is 8.16. The van der Waals surface area contributed by atoms with Crippen molar-refractivity contribution in [3.8, 4) is 0 Å².